The van der Waals surface area contributed by atoms with Crippen LogP contribution >= 0.6 is 11.3 Å². The third kappa shape index (κ3) is 5.23. The van der Waals surface area contributed by atoms with E-state index < -0.39 is 0 Å². The predicted molar refractivity (Wildman–Crippen MR) is 121 cm³/mol. The van der Waals surface area contributed by atoms with Gasteiger partial charge in [0.2, 0.25) is 5.91 Å². The van der Waals surface area contributed by atoms with Crippen LogP contribution in [-0.4, -0.2) is 40.2 Å². The maximum absolute atomic E-state index is 11.2. The lowest BCUT2D eigenvalue weighted by atomic mass is 9.93. The average molecular weight is 443 g/mol. The van der Waals surface area contributed by atoms with E-state index in [4.69, 9.17) is 9.47 Å². The Morgan fingerprint density at radius 1 is 1.29 bits per heavy atom. The molecule has 0 aliphatic heterocycles. The second kappa shape index (κ2) is 9.49. The van der Waals surface area contributed by atoms with Crippen molar-refractivity contribution in [3.63, 3.8) is 0 Å². The number of nitrogens with one attached hydrogen (secondary N) is 2. The summed E-state index contributed by atoms with van der Waals surface area (Å²) >= 11 is 1.52. The van der Waals surface area contributed by atoms with E-state index >= 15 is 0 Å². The van der Waals surface area contributed by atoms with Gasteiger partial charge in [-0.15, -0.1) is 0 Å². The summed E-state index contributed by atoms with van der Waals surface area (Å²) in [7, 11) is 1.61. The van der Waals surface area contributed by atoms with Gasteiger partial charge in [-0.3, -0.25) is 4.79 Å². The minimum atomic E-state index is -0.343. The van der Waals surface area contributed by atoms with E-state index in [0.717, 1.165) is 46.6 Å². The number of aromatic nitrogens is 2. The molecule has 3 N–H and O–H groups in total. The van der Waals surface area contributed by atoms with Crippen LogP contribution in [0.4, 0.5) is 10.9 Å². The van der Waals surface area contributed by atoms with Gasteiger partial charge in [0.25, 0.3) is 0 Å². The van der Waals surface area contributed by atoms with Crippen molar-refractivity contribution in [1.29, 1.82) is 0 Å². The highest BCUT2D eigenvalue weighted by molar-refractivity contribution is 7.22. The number of fused-ring (bicyclic) bond motifs is 1. The van der Waals surface area contributed by atoms with Gasteiger partial charge in [0.05, 0.1) is 24.0 Å². The first-order valence-corrected chi connectivity index (χ1v) is 11.1. The number of pyridine rings is 1. The summed E-state index contributed by atoms with van der Waals surface area (Å²) in [4.78, 5) is 20.0. The number of hydrogen-bond acceptors (Lipinski definition) is 8. The Morgan fingerprint density at radius 3 is 2.90 bits per heavy atom. The lowest BCUT2D eigenvalue weighted by Gasteiger charge is -2.27. The molecule has 1 aliphatic rings. The number of methoxy groups -OCH3 is 1. The summed E-state index contributed by atoms with van der Waals surface area (Å²) in [6, 6.07) is 7.40. The fourth-order valence-corrected chi connectivity index (χ4v) is 4.67. The summed E-state index contributed by atoms with van der Waals surface area (Å²) in [6.45, 7) is 1.77. The Morgan fingerprint density at radius 2 is 2.13 bits per heavy atom. The van der Waals surface area contributed by atoms with Crippen molar-refractivity contribution in [2.75, 3.05) is 17.7 Å². The van der Waals surface area contributed by atoms with Crippen molar-refractivity contribution < 1.29 is 19.4 Å². The zero-order valence-electron chi connectivity index (χ0n) is 17.6. The molecule has 2 atom stereocenters. The van der Waals surface area contributed by atoms with E-state index in [1.54, 1.807) is 19.4 Å². The van der Waals surface area contributed by atoms with Crippen molar-refractivity contribution in [3.05, 3.63) is 36.0 Å². The summed E-state index contributed by atoms with van der Waals surface area (Å²) in [5, 5.41) is 17.1. The van der Waals surface area contributed by atoms with Crippen LogP contribution in [-0.2, 0) is 11.4 Å². The number of aliphatic hydroxyl groups is 1. The quantitative estimate of drug-likeness (QED) is 0.509. The molecule has 8 nitrogen and oxygen atoms in total. The normalized spacial score (nSPS) is 18.5. The van der Waals surface area contributed by atoms with E-state index in [9.17, 15) is 9.90 Å². The topological polar surface area (TPSA) is 106 Å². The summed E-state index contributed by atoms with van der Waals surface area (Å²) in [5.74, 6) is 1.62. The van der Waals surface area contributed by atoms with Crippen LogP contribution < -0.4 is 20.1 Å². The number of ether oxygens (including phenoxy) is 2. The zero-order valence-corrected chi connectivity index (χ0v) is 18.4. The summed E-state index contributed by atoms with van der Waals surface area (Å²) < 4.78 is 12.5. The lowest BCUT2D eigenvalue weighted by Crippen LogP contribution is -2.36. The number of carbonyl (C=O) groups is 1. The van der Waals surface area contributed by atoms with Gasteiger partial charge in [-0.2, -0.15) is 0 Å². The molecule has 1 amide bonds. The Kier molecular flexibility index (Phi) is 6.53. The standard InChI is InChI=1S/C22H26N4O4S/c1-13(27)24-20-9-14(7-8-23-20)12-30-15-10-18(29-2)21-19(11-15)31-22(26-21)25-16-5-3-4-6-17(16)28/h7-11,16-17,28H,3-6,12H2,1-2H3,(H,25,26)(H,23,24,27)/t16-,17-/m0/s1. The molecule has 1 aromatic carbocycles. The number of hydrogen-bond donors (Lipinski definition) is 3. The van der Waals surface area contributed by atoms with Crippen LogP contribution in [0.25, 0.3) is 10.2 Å². The van der Waals surface area contributed by atoms with Crippen LogP contribution in [0.15, 0.2) is 30.5 Å². The minimum absolute atomic E-state index is 0.0283. The van der Waals surface area contributed by atoms with E-state index in [1.165, 1.54) is 18.3 Å². The van der Waals surface area contributed by atoms with Gasteiger partial charge in [0, 0.05) is 19.2 Å². The number of nitrogens with zero attached hydrogens (tertiary/aromatic N) is 2. The molecule has 0 unspecified atom stereocenters. The Hall–Kier alpha value is -2.91. The maximum Gasteiger partial charge on any atom is 0.222 e. The molecule has 31 heavy (non-hydrogen) atoms. The van der Waals surface area contributed by atoms with Crippen LogP contribution in [0, 0.1) is 0 Å². The van der Waals surface area contributed by atoms with Gasteiger partial charge in [-0.1, -0.05) is 24.2 Å². The van der Waals surface area contributed by atoms with Crippen LogP contribution in [0.2, 0.25) is 0 Å². The summed E-state index contributed by atoms with van der Waals surface area (Å²) in [6.07, 6.45) is 5.23. The van der Waals surface area contributed by atoms with Gasteiger partial charge in [0.15, 0.2) is 5.13 Å². The number of anilines is 2. The minimum Gasteiger partial charge on any atom is -0.494 e. The number of amides is 1. The average Bonchev–Trinajstić information content (AvgIpc) is 3.15. The molecule has 2 heterocycles. The molecule has 0 saturated heterocycles. The van der Waals surface area contributed by atoms with Crippen molar-refractivity contribution in [3.8, 4) is 11.5 Å². The third-order valence-electron chi connectivity index (χ3n) is 5.23. The highest BCUT2D eigenvalue weighted by atomic mass is 32.1. The Balaban J connectivity index is 1.50. The highest BCUT2D eigenvalue weighted by Gasteiger charge is 2.24. The Labute approximate surface area is 184 Å². The van der Waals surface area contributed by atoms with E-state index in [1.807, 2.05) is 18.2 Å². The van der Waals surface area contributed by atoms with Gasteiger partial charge in [-0.05, 0) is 36.6 Å². The van der Waals surface area contributed by atoms with Crippen LogP contribution in [0.5, 0.6) is 11.5 Å². The third-order valence-corrected chi connectivity index (χ3v) is 6.16. The van der Waals surface area contributed by atoms with Crippen molar-refractivity contribution >= 4 is 38.4 Å². The molecule has 2 aromatic heterocycles. The Bertz CT molecular complexity index is 1070. The van der Waals surface area contributed by atoms with E-state index in [-0.39, 0.29) is 18.1 Å². The van der Waals surface area contributed by atoms with Crippen molar-refractivity contribution in [2.45, 2.75) is 51.4 Å². The molecule has 9 heteroatoms. The first kappa shape index (κ1) is 21.3. The van der Waals surface area contributed by atoms with Crippen LogP contribution in [0.1, 0.15) is 38.2 Å². The number of rotatable bonds is 7. The number of benzene rings is 1. The lowest BCUT2D eigenvalue weighted by molar-refractivity contribution is -0.114. The second-order valence-corrected chi connectivity index (χ2v) is 8.64. The van der Waals surface area contributed by atoms with Gasteiger partial charge >= 0.3 is 0 Å². The van der Waals surface area contributed by atoms with E-state index in [2.05, 4.69) is 20.6 Å². The van der Waals surface area contributed by atoms with Crippen LogP contribution in [0.3, 0.4) is 0 Å². The maximum atomic E-state index is 11.2. The molecule has 1 fully saturated rings. The van der Waals surface area contributed by atoms with Gasteiger partial charge < -0.3 is 25.2 Å². The first-order chi connectivity index (χ1) is 15.0. The largest absolute Gasteiger partial charge is 0.494 e. The SMILES string of the molecule is COc1cc(OCc2ccnc(NC(C)=O)c2)cc2sc(N[C@H]3CCCC[C@@H]3O)nc12. The fourth-order valence-electron chi connectivity index (χ4n) is 3.69. The van der Waals surface area contributed by atoms with E-state index in [0.29, 0.717) is 23.9 Å². The molecular formula is C22H26N4O4S. The number of aliphatic hydroxyl groups excluding tert-OH is 1. The predicted octanol–water partition coefficient (Wildman–Crippen LogP) is 3.95. The number of thiazole rings is 1. The molecule has 164 valence electrons. The van der Waals surface area contributed by atoms with Gasteiger partial charge in [0.1, 0.15) is 29.4 Å². The molecule has 1 aliphatic carbocycles. The number of carbonyl (C=O) groups excluding carboxylic acids is 1. The smallest absolute Gasteiger partial charge is 0.222 e. The molecule has 4 rings (SSSR count). The molecule has 0 bridgehead atoms. The zero-order chi connectivity index (χ0) is 21.8. The highest BCUT2D eigenvalue weighted by Crippen LogP contribution is 2.37. The second-order valence-electron chi connectivity index (χ2n) is 7.61. The summed E-state index contributed by atoms with van der Waals surface area (Å²) in [5.41, 5.74) is 1.65. The monoisotopic (exact) mass is 442 g/mol. The first-order valence-electron chi connectivity index (χ1n) is 10.3. The molecular weight excluding hydrogens is 416 g/mol. The van der Waals surface area contributed by atoms with Crippen molar-refractivity contribution in [2.24, 2.45) is 0 Å². The molecule has 3 aromatic rings. The molecule has 1 saturated carbocycles. The van der Waals surface area contributed by atoms with Crippen molar-refractivity contribution in [1.82, 2.24) is 9.97 Å². The van der Waals surface area contributed by atoms with Gasteiger partial charge in [-0.25, -0.2) is 9.97 Å². The fraction of sp³-hybridized carbons (Fsp3) is 0.409. The molecule has 0 spiro atoms. The molecule has 0 radical (unpaired) electrons.